The molecule has 21 heavy (non-hydrogen) atoms. The predicted molar refractivity (Wildman–Crippen MR) is 95.8 cm³/mol. The van der Waals surface area contributed by atoms with Crippen molar-refractivity contribution in [3.8, 4) is 0 Å². The van der Waals surface area contributed by atoms with E-state index in [0.717, 1.165) is 18.7 Å². The van der Waals surface area contributed by atoms with Gasteiger partial charge in [0.2, 0.25) is 5.91 Å². The van der Waals surface area contributed by atoms with Crippen LogP contribution in [0.5, 0.6) is 0 Å². The zero-order valence-electron chi connectivity index (χ0n) is 11.8. The van der Waals surface area contributed by atoms with E-state index in [0.29, 0.717) is 12.6 Å². The van der Waals surface area contributed by atoms with Gasteiger partial charge in [-0.2, -0.15) is 0 Å². The molecule has 1 N–H and O–H groups in total. The van der Waals surface area contributed by atoms with Gasteiger partial charge in [0.15, 0.2) is 0 Å². The number of carbonyl (C=O) groups excluding carboxylic acids is 1. The Balaban J connectivity index is 1.62. The van der Waals surface area contributed by atoms with Crippen molar-refractivity contribution in [3.05, 3.63) is 49.7 Å². The van der Waals surface area contributed by atoms with E-state index in [1.54, 1.807) is 0 Å². The van der Waals surface area contributed by atoms with Gasteiger partial charge in [0.1, 0.15) is 0 Å². The van der Waals surface area contributed by atoms with E-state index in [1.807, 2.05) is 35.6 Å². The summed E-state index contributed by atoms with van der Waals surface area (Å²) in [6.45, 7) is 3.58. The van der Waals surface area contributed by atoms with E-state index in [2.05, 4.69) is 51.2 Å². The topological polar surface area (TPSA) is 32.3 Å². The van der Waals surface area contributed by atoms with E-state index in [1.165, 1.54) is 14.0 Å². The number of amides is 1. The van der Waals surface area contributed by atoms with Crippen LogP contribution in [0.4, 0.5) is 5.69 Å². The Labute approximate surface area is 142 Å². The lowest BCUT2D eigenvalue weighted by Crippen LogP contribution is -2.39. The number of carbonyl (C=O) groups is 1. The molecule has 0 saturated carbocycles. The fourth-order valence-electron chi connectivity index (χ4n) is 2.70. The predicted octanol–water partition coefficient (Wildman–Crippen LogP) is 3.91. The van der Waals surface area contributed by atoms with E-state index >= 15 is 0 Å². The summed E-state index contributed by atoms with van der Waals surface area (Å²) in [6, 6.07) is 10.4. The summed E-state index contributed by atoms with van der Waals surface area (Å²) >= 11 is 4.08. The molecule has 3 nitrogen and oxygen atoms in total. The van der Waals surface area contributed by atoms with Crippen LogP contribution in [-0.4, -0.2) is 23.9 Å². The first-order valence-electron chi connectivity index (χ1n) is 6.99. The van der Waals surface area contributed by atoms with Gasteiger partial charge in [0.25, 0.3) is 0 Å². The number of rotatable bonds is 3. The van der Waals surface area contributed by atoms with Gasteiger partial charge in [-0.05, 0) is 77.2 Å². The molecule has 0 unspecified atom stereocenters. The fourth-order valence-corrected chi connectivity index (χ4v) is 4.02. The van der Waals surface area contributed by atoms with Crippen LogP contribution >= 0.6 is 33.9 Å². The van der Waals surface area contributed by atoms with Gasteiger partial charge in [-0.1, -0.05) is 0 Å². The number of nitrogens with zero attached hydrogens (tertiary/aromatic N) is 1. The third-order valence-corrected chi connectivity index (χ3v) is 5.59. The first kappa shape index (κ1) is 15.0. The lowest BCUT2D eigenvalue weighted by molar-refractivity contribution is -0.117. The molecule has 0 radical (unpaired) electrons. The minimum absolute atomic E-state index is 0.0572. The standard InChI is InChI=1S/C16H17IN2OS/c1-11-14-7-9-21-15(14)6-8-19(11)10-16(20)18-13-4-2-12(17)3-5-13/h2-5,7,9,11H,6,8,10H2,1H3,(H,18,20)/t11-/m0/s1. The highest BCUT2D eigenvalue weighted by atomic mass is 127. The first-order valence-corrected chi connectivity index (χ1v) is 8.95. The molecule has 110 valence electrons. The maximum atomic E-state index is 12.2. The van der Waals surface area contributed by atoms with Crippen molar-refractivity contribution in [2.45, 2.75) is 19.4 Å². The number of anilines is 1. The molecule has 2 aromatic rings. The molecule has 0 saturated heterocycles. The lowest BCUT2D eigenvalue weighted by Gasteiger charge is -2.32. The van der Waals surface area contributed by atoms with E-state index in [4.69, 9.17) is 0 Å². The number of fused-ring (bicyclic) bond motifs is 1. The fraction of sp³-hybridized carbons (Fsp3) is 0.312. The molecular formula is C16H17IN2OS. The Morgan fingerprint density at radius 2 is 2.14 bits per heavy atom. The van der Waals surface area contributed by atoms with Gasteiger partial charge in [-0.3, -0.25) is 9.69 Å². The Bertz CT molecular complexity index is 638. The number of benzene rings is 1. The summed E-state index contributed by atoms with van der Waals surface area (Å²) in [5.41, 5.74) is 2.25. The highest BCUT2D eigenvalue weighted by Crippen LogP contribution is 2.32. The largest absolute Gasteiger partial charge is 0.325 e. The van der Waals surface area contributed by atoms with Crippen LogP contribution < -0.4 is 5.32 Å². The molecule has 1 amide bonds. The molecule has 0 spiro atoms. The van der Waals surface area contributed by atoms with Crippen molar-refractivity contribution < 1.29 is 4.79 Å². The second-order valence-electron chi connectivity index (χ2n) is 5.25. The summed E-state index contributed by atoms with van der Waals surface area (Å²) < 4.78 is 1.17. The van der Waals surface area contributed by atoms with Gasteiger partial charge in [0.05, 0.1) is 6.54 Å². The maximum Gasteiger partial charge on any atom is 0.238 e. The quantitative estimate of drug-likeness (QED) is 0.776. The number of halogens is 1. The third-order valence-electron chi connectivity index (χ3n) is 3.88. The van der Waals surface area contributed by atoms with Gasteiger partial charge in [-0.15, -0.1) is 11.3 Å². The van der Waals surface area contributed by atoms with Gasteiger partial charge < -0.3 is 5.32 Å². The van der Waals surface area contributed by atoms with Crippen LogP contribution in [0, 0.1) is 3.57 Å². The van der Waals surface area contributed by atoms with E-state index < -0.39 is 0 Å². The summed E-state index contributed by atoms with van der Waals surface area (Å²) in [5, 5.41) is 5.12. The van der Waals surface area contributed by atoms with Crippen molar-refractivity contribution in [2.24, 2.45) is 0 Å². The molecule has 0 bridgehead atoms. The molecule has 2 heterocycles. The zero-order chi connectivity index (χ0) is 14.8. The molecule has 1 aromatic carbocycles. The lowest BCUT2D eigenvalue weighted by atomic mass is 10.0. The second kappa shape index (κ2) is 6.46. The van der Waals surface area contributed by atoms with E-state index in [9.17, 15) is 4.79 Å². The van der Waals surface area contributed by atoms with Crippen LogP contribution in [-0.2, 0) is 11.2 Å². The maximum absolute atomic E-state index is 12.2. The van der Waals surface area contributed by atoms with Crippen molar-refractivity contribution in [3.63, 3.8) is 0 Å². The normalized spacial score (nSPS) is 18.3. The van der Waals surface area contributed by atoms with Crippen molar-refractivity contribution in [1.29, 1.82) is 0 Å². The summed E-state index contributed by atoms with van der Waals surface area (Å²) in [4.78, 5) is 15.9. The van der Waals surface area contributed by atoms with Crippen molar-refractivity contribution in [1.82, 2.24) is 4.90 Å². The van der Waals surface area contributed by atoms with Crippen molar-refractivity contribution in [2.75, 3.05) is 18.4 Å². The Kier molecular flexibility index (Phi) is 4.61. The molecule has 1 aliphatic rings. The summed E-state index contributed by atoms with van der Waals surface area (Å²) in [6.07, 6.45) is 1.05. The Hall–Kier alpha value is -0.920. The monoisotopic (exact) mass is 412 g/mol. The Morgan fingerprint density at radius 3 is 2.90 bits per heavy atom. The highest BCUT2D eigenvalue weighted by Gasteiger charge is 2.25. The summed E-state index contributed by atoms with van der Waals surface area (Å²) in [7, 11) is 0. The molecule has 5 heteroatoms. The van der Waals surface area contributed by atoms with Crippen LogP contribution in [0.15, 0.2) is 35.7 Å². The molecule has 1 aliphatic heterocycles. The number of hydrogen-bond acceptors (Lipinski definition) is 3. The smallest absolute Gasteiger partial charge is 0.238 e. The molecule has 1 aromatic heterocycles. The van der Waals surface area contributed by atoms with Crippen LogP contribution in [0.2, 0.25) is 0 Å². The number of hydrogen-bond donors (Lipinski definition) is 1. The Morgan fingerprint density at radius 1 is 1.38 bits per heavy atom. The second-order valence-corrected chi connectivity index (χ2v) is 7.50. The zero-order valence-corrected chi connectivity index (χ0v) is 14.8. The van der Waals surface area contributed by atoms with E-state index in [-0.39, 0.29) is 5.91 Å². The van der Waals surface area contributed by atoms with Gasteiger partial charge in [-0.25, -0.2) is 0 Å². The van der Waals surface area contributed by atoms with Crippen LogP contribution in [0.1, 0.15) is 23.4 Å². The number of thiophene rings is 1. The molecule has 0 fully saturated rings. The van der Waals surface area contributed by atoms with Gasteiger partial charge in [0, 0.05) is 26.7 Å². The average molecular weight is 412 g/mol. The number of nitrogens with one attached hydrogen (secondary N) is 1. The molecular weight excluding hydrogens is 395 g/mol. The molecule has 3 rings (SSSR count). The van der Waals surface area contributed by atoms with Crippen LogP contribution in [0.3, 0.4) is 0 Å². The SMILES string of the molecule is C[C@H]1c2ccsc2CCN1CC(=O)Nc1ccc(I)cc1. The molecule has 1 atom stereocenters. The molecule has 0 aliphatic carbocycles. The minimum Gasteiger partial charge on any atom is -0.325 e. The first-order chi connectivity index (χ1) is 10.1. The minimum atomic E-state index is 0.0572. The van der Waals surface area contributed by atoms with Gasteiger partial charge >= 0.3 is 0 Å². The highest BCUT2D eigenvalue weighted by molar-refractivity contribution is 14.1. The summed E-state index contributed by atoms with van der Waals surface area (Å²) in [5.74, 6) is 0.0572. The van der Waals surface area contributed by atoms with Crippen molar-refractivity contribution >= 4 is 45.5 Å². The third kappa shape index (κ3) is 3.46. The van der Waals surface area contributed by atoms with Crippen LogP contribution in [0.25, 0.3) is 0 Å². The average Bonchev–Trinajstić information content (AvgIpc) is 2.94.